The molecule has 2 aromatic rings. The first-order valence-electron chi connectivity index (χ1n) is 7.69. The zero-order chi connectivity index (χ0) is 14.9. The zero-order valence-electron chi connectivity index (χ0n) is 12.2. The van der Waals surface area contributed by atoms with Gasteiger partial charge in [0.1, 0.15) is 0 Å². The predicted octanol–water partition coefficient (Wildman–Crippen LogP) is 1.56. The van der Waals surface area contributed by atoms with Crippen LogP contribution in [0.3, 0.4) is 0 Å². The predicted molar refractivity (Wildman–Crippen MR) is 80.2 cm³/mol. The molecule has 3 aliphatic rings. The number of oxazole rings is 1. The standard InChI is InChI=1S/C16H18N4O2/c21-15(19-13-10-20-7-3-11(13)4-8-20)16-18-9-14(22-16)12-1-5-17-6-2-12/h1-2,5-6,9,11,13H,3-4,7-8,10H2,(H,19,21). The van der Waals surface area contributed by atoms with Crippen molar-refractivity contribution in [2.75, 3.05) is 19.6 Å². The Morgan fingerprint density at radius 3 is 2.73 bits per heavy atom. The van der Waals surface area contributed by atoms with Gasteiger partial charge in [-0.15, -0.1) is 0 Å². The highest BCUT2D eigenvalue weighted by atomic mass is 16.4. The van der Waals surface area contributed by atoms with Crippen LogP contribution in [0.2, 0.25) is 0 Å². The SMILES string of the molecule is O=C(NC1CN2CCC1CC2)c1ncc(-c2ccncc2)o1. The van der Waals surface area contributed by atoms with Crippen LogP contribution >= 0.6 is 0 Å². The molecule has 0 aromatic carbocycles. The van der Waals surface area contributed by atoms with Crippen molar-refractivity contribution in [3.63, 3.8) is 0 Å². The summed E-state index contributed by atoms with van der Waals surface area (Å²) >= 11 is 0. The number of carbonyl (C=O) groups excluding carboxylic acids is 1. The van der Waals surface area contributed by atoms with Gasteiger partial charge in [-0.05, 0) is 44.0 Å². The lowest BCUT2D eigenvalue weighted by Gasteiger charge is -2.44. The summed E-state index contributed by atoms with van der Waals surface area (Å²) in [5, 5.41) is 3.08. The van der Waals surface area contributed by atoms with E-state index < -0.39 is 0 Å². The van der Waals surface area contributed by atoms with Crippen molar-refractivity contribution in [2.24, 2.45) is 5.92 Å². The molecule has 0 saturated carbocycles. The topological polar surface area (TPSA) is 71.3 Å². The molecule has 5 heterocycles. The third kappa shape index (κ3) is 2.50. The van der Waals surface area contributed by atoms with Gasteiger partial charge in [-0.1, -0.05) is 0 Å². The van der Waals surface area contributed by atoms with Crippen LogP contribution in [0.25, 0.3) is 11.3 Å². The number of rotatable bonds is 3. The Labute approximate surface area is 128 Å². The molecule has 6 nitrogen and oxygen atoms in total. The number of aromatic nitrogens is 2. The van der Waals surface area contributed by atoms with Crippen molar-refractivity contribution < 1.29 is 9.21 Å². The summed E-state index contributed by atoms with van der Waals surface area (Å²) in [6.07, 6.45) is 7.29. The van der Waals surface area contributed by atoms with E-state index in [0.29, 0.717) is 11.7 Å². The van der Waals surface area contributed by atoms with Crippen LogP contribution in [-0.4, -0.2) is 46.5 Å². The third-order valence-electron chi connectivity index (χ3n) is 4.64. The van der Waals surface area contributed by atoms with Gasteiger partial charge in [0.05, 0.1) is 6.20 Å². The molecule has 1 unspecified atom stereocenters. The van der Waals surface area contributed by atoms with Crippen molar-refractivity contribution in [1.29, 1.82) is 0 Å². The van der Waals surface area contributed by atoms with Crippen LogP contribution in [0.1, 0.15) is 23.5 Å². The normalized spacial score (nSPS) is 26.8. The second-order valence-electron chi connectivity index (χ2n) is 5.98. The second kappa shape index (κ2) is 5.53. The molecule has 1 N–H and O–H groups in total. The van der Waals surface area contributed by atoms with E-state index in [-0.39, 0.29) is 17.8 Å². The minimum absolute atomic E-state index is 0.128. The Bertz CT molecular complexity index is 662. The van der Waals surface area contributed by atoms with Crippen LogP contribution in [0.5, 0.6) is 0 Å². The van der Waals surface area contributed by atoms with Crippen LogP contribution in [0.4, 0.5) is 0 Å². The van der Waals surface area contributed by atoms with Crippen LogP contribution < -0.4 is 5.32 Å². The van der Waals surface area contributed by atoms with E-state index in [2.05, 4.69) is 20.2 Å². The van der Waals surface area contributed by atoms with Gasteiger partial charge in [0.15, 0.2) is 5.76 Å². The van der Waals surface area contributed by atoms with Gasteiger partial charge in [-0.25, -0.2) is 4.98 Å². The number of hydrogen-bond acceptors (Lipinski definition) is 5. The molecule has 1 atom stereocenters. The van der Waals surface area contributed by atoms with Crippen molar-refractivity contribution in [3.05, 3.63) is 36.6 Å². The third-order valence-corrected chi connectivity index (χ3v) is 4.64. The Balaban J connectivity index is 1.46. The van der Waals surface area contributed by atoms with Gasteiger partial charge in [-0.3, -0.25) is 9.78 Å². The fourth-order valence-corrected chi connectivity index (χ4v) is 3.39. The molecule has 22 heavy (non-hydrogen) atoms. The molecule has 114 valence electrons. The van der Waals surface area contributed by atoms with Crippen molar-refractivity contribution >= 4 is 5.91 Å². The number of hydrogen-bond donors (Lipinski definition) is 1. The maximum Gasteiger partial charge on any atom is 0.307 e. The molecule has 0 aliphatic carbocycles. The number of amides is 1. The smallest absolute Gasteiger partial charge is 0.307 e. The Morgan fingerprint density at radius 2 is 2.05 bits per heavy atom. The number of nitrogens with one attached hydrogen (secondary N) is 1. The van der Waals surface area contributed by atoms with Gasteiger partial charge >= 0.3 is 5.91 Å². The molecular formula is C16H18N4O2. The van der Waals surface area contributed by atoms with Crippen molar-refractivity contribution in [3.8, 4) is 11.3 Å². The van der Waals surface area contributed by atoms with Crippen LogP contribution in [0, 0.1) is 5.92 Å². The summed E-state index contributed by atoms with van der Waals surface area (Å²) in [5.41, 5.74) is 0.865. The molecule has 6 heteroatoms. The zero-order valence-corrected chi connectivity index (χ0v) is 12.2. The van der Waals surface area contributed by atoms with Gasteiger partial charge in [0, 0.05) is 30.5 Å². The second-order valence-corrected chi connectivity index (χ2v) is 5.98. The lowest BCUT2D eigenvalue weighted by Crippen LogP contribution is -2.57. The fraction of sp³-hybridized carbons (Fsp3) is 0.438. The summed E-state index contributed by atoms with van der Waals surface area (Å²) in [7, 11) is 0. The highest BCUT2D eigenvalue weighted by molar-refractivity contribution is 5.90. The monoisotopic (exact) mass is 298 g/mol. The van der Waals surface area contributed by atoms with E-state index >= 15 is 0 Å². The molecule has 2 aromatic heterocycles. The van der Waals surface area contributed by atoms with Gasteiger partial charge in [0.25, 0.3) is 5.89 Å². The highest BCUT2D eigenvalue weighted by Gasteiger charge is 2.35. The molecular weight excluding hydrogens is 280 g/mol. The Morgan fingerprint density at radius 1 is 1.27 bits per heavy atom. The highest BCUT2D eigenvalue weighted by Crippen LogP contribution is 2.27. The van der Waals surface area contributed by atoms with Gasteiger partial charge < -0.3 is 14.6 Å². The van der Waals surface area contributed by atoms with Crippen LogP contribution in [-0.2, 0) is 0 Å². The maximum atomic E-state index is 12.3. The minimum atomic E-state index is -0.223. The van der Waals surface area contributed by atoms with Gasteiger partial charge in [0.2, 0.25) is 0 Å². The lowest BCUT2D eigenvalue weighted by molar-refractivity contribution is 0.0602. The van der Waals surface area contributed by atoms with Gasteiger partial charge in [-0.2, -0.15) is 0 Å². The number of carbonyl (C=O) groups is 1. The number of pyridine rings is 1. The van der Waals surface area contributed by atoms with Crippen molar-refractivity contribution in [2.45, 2.75) is 18.9 Å². The van der Waals surface area contributed by atoms with E-state index in [1.54, 1.807) is 18.6 Å². The fourth-order valence-electron chi connectivity index (χ4n) is 3.39. The summed E-state index contributed by atoms with van der Waals surface area (Å²) in [5.74, 6) is 1.08. The van der Waals surface area contributed by atoms with E-state index in [1.807, 2.05) is 12.1 Å². The first-order valence-corrected chi connectivity index (χ1v) is 7.69. The van der Waals surface area contributed by atoms with E-state index in [4.69, 9.17) is 4.42 Å². The average molecular weight is 298 g/mol. The molecule has 5 rings (SSSR count). The summed E-state index contributed by atoms with van der Waals surface area (Å²) in [4.78, 5) is 22.8. The number of fused-ring (bicyclic) bond motifs is 3. The first kappa shape index (κ1) is 13.5. The molecule has 0 spiro atoms. The molecule has 3 fully saturated rings. The number of nitrogens with zero attached hydrogens (tertiary/aromatic N) is 3. The maximum absolute atomic E-state index is 12.3. The summed E-state index contributed by atoms with van der Waals surface area (Å²) in [6, 6.07) is 3.87. The average Bonchev–Trinajstić information content (AvgIpc) is 3.07. The largest absolute Gasteiger partial charge is 0.432 e. The lowest BCUT2D eigenvalue weighted by atomic mass is 9.84. The minimum Gasteiger partial charge on any atom is -0.432 e. The molecule has 3 aliphatic heterocycles. The van der Waals surface area contributed by atoms with E-state index in [0.717, 1.165) is 25.2 Å². The Kier molecular flexibility index (Phi) is 3.38. The molecule has 2 bridgehead atoms. The first-order chi connectivity index (χ1) is 10.8. The van der Waals surface area contributed by atoms with Crippen LogP contribution in [0.15, 0.2) is 35.1 Å². The quantitative estimate of drug-likeness (QED) is 0.931. The molecule has 0 radical (unpaired) electrons. The summed E-state index contributed by atoms with van der Waals surface area (Å²) in [6.45, 7) is 3.25. The Hall–Kier alpha value is -2.21. The van der Waals surface area contributed by atoms with E-state index in [9.17, 15) is 4.79 Å². The van der Waals surface area contributed by atoms with E-state index in [1.165, 1.54) is 12.8 Å². The molecule has 1 amide bonds. The molecule has 3 saturated heterocycles. The van der Waals surface area contributed by atoms with Crippen molar-refractivity contribution in [1.82, 2.24) is 20.2 Å². The summed E-state index contributed by atoms with van der Waals surface area (Å²) < 4.78 is 5.59. The number of piperidine rings is 3.